The van der Waals surface area contributed by atoms with Gasteiger partial charge in [0.25, 0.3) is 0 Å². The highest BCUT2D eigenvalue weighted by atomic mass is 16.7. The first kappa shape index (κ1) is 13.6. The van der Waals surface area contributed by atoms with E-state index in [0.29, 0.717) is 13.2 Å². The van der Waals surface area contributed by atoms with E-state index in [4.69, 9.17) is 18.9 Å². The summed E-state index contributed by atoms with van der Waals surface area (Å²) in [7, 11) is 0. The van der Waals surface area contributed by atoms with Crippen molar-refractivity contribution in [3.63, 3.8) is 0 Å². The van der Waals surface area contributed by atoms with E-state index in [2.05, 4.69) is 12.1 Å². The van der Waals surface area contributed by atoms with Crippen LogP contribution in [0.2, 0.25) is 0 Å². The molecule has 2 heterocycles. The highest BCUT2D eigenvalue weighted by molar-refractivity contribution is 5.13. The van der Waals surface area contributed by atoms with Crippen molar-refractivity contribution < 1.29 is 18.9 Å². The molecule has 0 spiro atoms. The molecule has 3 rings (SSSR count). The first-order valence-electron chi connectivity index (χ1n) is 6.93. The predicted molar refractivity (Wildman–Crippen MR) is 73.9 cm³/mol. The highest BCUT2D eigenvalue weighted by Gasteiger charge is 2.43. The molecule has 0 bridgehead atoms. The fourth-order valence-corrected chi connectivity index (χ4v) is 2.46. The van der Waals surface area contributed by atoms with Crippen LogP contribution >= 0.6 is 0 Å². The largest absolute Gasteiger partial charge is 0.493 e. The van der Waals surface area contributed by atoms with Gasteiger partial charge in [-0.25, -0.2) is 0 Å². The predicted octanol–water partition coefficient (Wildman–Crippen LogP) is 2.64. The maximum absolute atomic E-state index is 5.98. The Labute approximate surface area is 119 Å². The van der Waals surface area contributed by atoms with E-state index in [9.17, 15) is 0 Å². The number of hydrogen-bond donors (Lipinski definition) is 0. The number of rotatable bonds is 3. The van der Waals surface area contributed by atoms with E-state index in [1.165, 1.54) is 0 Å². The monoisotopic (exact) mass is 276 g/mol. The zero-order chi connectivity index (χ0) is 14.0. The molecule has 0 saturated carbocycles. The summed E-state index contributed by atoms with van der Waals surface area (Å²) in [6.07, 6.45) is 3.24. The highest BCUT2D eigenvalue weighted by Crippen LogP contribution is 2.30. The molecule has 0 aliphatic carbocycles. The molecule has 1 fully saturated rings. The lowest BCUT2D eigenvalue weighted by atomic mass is 10.0. The minimum absolute atomic E-state index is 0.103. The van der Waals surface area contributed by atoms with Gasteiger partial charge in [0.05, 0.1) is 19.5 Å². The standard InChI is InChI=1S/C16H20O4/c1-16(2)19-11-14-15(20-16)13(8-9-17-14)18-10-12-6-4-3-5-7-12/h3-9,13-15H,10-11H2,1-2H3. The van der Waals surface area contributed by atoms with E-state index in [0.717, 1.165) is 5.56 Å². The summed E-state index contributed by atoms with van der Waals surface area (Å²) in [5, 5.41) is 0. The SMILES string of the molecule is CC1(C)OCC2OC=CC(OCc3ccccc3)C2O1. The molecule has 2 aliphatic heterocycles. The van der Waals surface area contributed by atoms with Crippen LogP contribution in [0.3, 0.4) is 0 Å². The topological polar surface area (TPSA) is 36.9 Å². The van der Waals surface area contributed by atoms with Gasteiger partial charge in [-0.3, -0.25) is 0 Å². The fraction of sp³-hybridized carbons (Fsp3) is 0.500. The second kappa shape index (κ2) is 5.56. The smallest absolute Gasteiger partial charge is 0.163 e. The summed E-state index contributed by atoms with van der Waals surface area (Å²) < 4.78 is 23.1. The van der Waals surface area contributed by atoms with Gasteiger partial charge in [-0.2, -0.15) is 0 Å². The van der Waals surface area contributed by atoms with Crippen molar-refractivity contribution in [2.24, 2.45) is 0 Å². The molecule has 2 aliphatic rings. The average molecular weight is 276 g/mol. The molecule has 1 saturated heterocycles. The Morgan fingerprint density at radius 1 is 1.25 bits per heavy atom. The summed E-state index contributed by atoms with van der Waals surface area (Å²) in [6, 6.07) is 10.1. The number of benzene rings is 1. The molecule has 0 radical (unpaired) electrons. The van der Waals surface area contributed by atoms with Crippen molar-refractivity contribution in [2.45, 2.75) is 44.6 Å². The van der Waals surface area contributed by atoms with Crippen LogP contribution in [0, 0.1) is 0 Å². The van der Waals surface area contributed by atoms with Gasteiger partial charge in [-0.05, 0) is 25.5 Å². The van der Waals surface area contributed by atoms with E-state index < -0.39 is 5.79 Å². The molecule has 3 unspecified atom stereocenters. The minimum Gasteiger partial charge on any atom is -0.493 e. The van der Waals surface area contributed by atoms with Crippen LogP contribution in [0.15, 0.2) is 42.7 Å². The van der Waals surface area contributed by atoms with Crippen molar-refractivity contribution in [3.05, 3.63) is 48.2 Å². The van der Waals surface area contributed by atoms with Crippen LogP contribution in [0.4, 0.5) is 0 Å². The lowest BCUT2D eigenvalue weighted by Gasteiger charge is -2.44. The number of hydrogen-bond acceptors (Lipinski definition) is 4. The Hall–Kier alpha value is -1.36. The molecule has 0 aromatic heterocycles. The second-order valence-electron chi connectivity index (χ2n) is 5.56. The van der Waals surface area contributed by atoms with Gasteiger partial charge in [-0.15, -0.1) is 0 Å². The van der Waals surface area contributed by atoms with Crippen molar-refractivity contribution in [1.82, 2.24) is 0 Å². The Kier molecular flexibility index (Phi) is 3.78. The quantitative estimate of drug-likeness (QED) is 0.850. The molecular weight excluding hydrogens is 256 g/mol. The van der Waals surface area contributed by atoms with E-state index in [-0.39, 0.29) is 18.3 Å². The summed E-state index contributed by atoms with van der Waals surface area (Å²) in [4.78, 5) is 0. The van der Waals surface area contributed by atoms with E-state index in [1.807, 2.05) is 38.1 Å². The van der Waals surface area contributed by atoms with E-state index >= 15 is 0 Å². The Morgan fingerprint density at radius 2 is 2.05 bits per heavy atom. The van der Waals surface area contributed by atoms with Crippen LogP contribution in [-0.2, 0) is 25.6 Å². The van der Waals surface area contributed by atoms with Crippen molar-refractivity contribution in [2.75, 3.05) is 6.61 Å². The molecule has 0 N–H and O–H groups in total. The summed E-state index contributed by atoms with van der Waals surface area (Å²) in [6.45, 7) is 4.91. The fourth-order valence-electron chi connectivity index (χ4n) is 2.46. The van der Waals surface area contributed by atoms with Crippen LogP contribution < -0.4 is 0 Å². The van der Waals surface area contributed by atoms with Crippen LogP contribution in [0.1, 0.15) is 19.4 Å². The van der Waals surface area contributed by atoms with Crippen molar-refractivity contribution in [1.29, 1.82) is 0 Å². The third-order valence-electron chi connectivity index (χ3n) is 3.51. The molecule has 4 heteroatoms. The van der Waals surface area contributed by atoms with Gasteiger partial charge in [0.15, 0.2) is 11.9 Å². The Morgan fingerprint density at radius 3 is 2.85 bits per heavy atom. The molecule has 3 atom stereocenters. The van der Waals surface area contributed by atoms with Crippen molar-refractivity contribution in [3.8, 4) is 0 Å². The second-order valence-corrected chi connectivity index (χ2v) is 5.56. The lowest BCUT2D eigenvalue weighted by Crippen LogP contribution is -2.55. The summed E-state index contributed by atoms with van der Waals surface area (Å²) >= 11 is 0. The van der Waals surface area contributed by atoms with Gasteiger partial charge < -0.3 is 18.9 Å². The normalized spacial score (nSPS) is 31.4. The summed E-state index contributed by atoms with van der Waals surface area (Å²) in [5.74, 6) is -0.593. The third kappa shape index (κ3) is 3.03. The molecule has 4 nitrogen and oxygen atoms in total. The van der Waals surface area contributed by atoms with Gasteiger partial charge in [0.1, 0.15) is 12.2 Å². The zero-order valence-electron chi connectivity index (χ0n) is 11.8. The minimum atomic E-state index is -0.593. The zero-order valence-corrected chi connectivity index (χ0v) is 11.8. The third-order valence-corrected chi connectivity index (χ3v) is 3.51. The Bertz CT molecular complexity index is 469. The molecular formula is C16H20O4. The van der Waals surface area contributed by atoms with Gasteiger partial charge in [-0.1, -0.05) is 30.3 Å². The first-order valence-corrected chi connectivity index (χ1v) is 6.93. The average Bonchev–Trinajstić information content (AvgIpc) is 2.45. The van der Waals surface area contributed by atoms with Crippen LogP contribution in [0.25, 0.3) is 0 Å². The maximum atomic E-state index is 5.98. The molecule has 20 heavy (non-hydrogen) atoms. The van der Waals surface area contributed by atoms with Gasteiger partial charge in [0, 0.05) is 0 Å². The Balaban J connectivity index is 1.65. The summed E-state index contributed by atoms with van der Waals surface area (Å²) in [5.41, 5.74) is 1.15. The molecule has 0 amide bonds. The molecule has 108 valence electrons. The van der Waals surface area contributed by atoms with Gasteiger partial charge in [0.2, 0.25) is 0 Å². The first-order chi connectivity index (χ1) is 9.64. The number of fused-ring (bicyclic) bond motifs is 1. The van der Waals surface area contributed by atoms with Crippen LogP contribution in [0.5, 0.6) is 0 Å². The van der Waals surface area contributed by atoms with Gasteiger partial charge >= 0.3 is 0 Å². The molecule has 1 aromatic rings. The van der Waals surface area contributed by atoms with Crippen LogP contribution in [-0.4, -0.2) is 30.7 Å². The number of ether oxygens (including phenoxy) is 4. The maximum Gasteiger partial charge on any atom is 0.163 e. The molecule has 1 aromatic carbocycles. The lowest BCUT2D eigenvalue weighted by molar-refractivity contribution is -0.322. The van der Waals surface area contributed by atoms with E-state index in [1.54, 1.807) is 6.26 Å². The van der Waals surface area contributed by atoms with Crippen molar-refractivity contribution >= 4 is 0 Å².